The lowest BCUT2D eigenvalue weighted by atomic mass is 10.2. The molecule has 2 aliphatic heterocycles. The molecule has 0 spiro atoms. The minimum Gasteiger partial charge on any atom is -0.342 e. The Morgan fingerprint density at radius 2 is 2.21 bits per heavy atom. The Bertz CT molecular complexity index is 551. The van der Waals surface area contributed by atoms with E-state index in [4.69, 9.17) is 0 Å². The zero-order valence-corrected chi connectivity index (χ0v) is 12.1. The van der Waals surface area contributed by atoms with Gasteiger partial charge in [0, 0.05) is 17.7 Å². The molecule has 0 radical (unpaired) electrons. The Hall–Kier alpha value is -0.820. The second-order valence-corrected chi connectivity index (χ2v) is 8.61. The third-order valence-corrected chi connectivity index (χ3v) is 6.88. The molecule has 0 unspecified atom stereocenters. The van der Waals surface area contributed by atoms with Gasteiger partial charge < -0.3 is 4.90 Å². The van der Waals surface area contributed by atoms with Crippen LogP contribution >= 0.6 is 11.8 Å². The third-order valence-electron chi connectivity index (χ3n) is 3.63. The number of aliphatic imine (C=N–C) groups is 1. The molecule has 3 fully saturated rings. The monoisotopic (exact) mass is 300 g/mol. The summed E-state index contributed by atoms with van der Waals surface area (Å²) >= 11 is 1.43. The van der Waals surface area contributed by atoms with Gasteiger partial charge in [-0.05, 0) is 12.8 Å². The molecule has 0 aromatic carbocycles. The maximum atomic E-state index is 11.8. The van der Waals surface area contributed by atoms with Crippen molar-refractivity contribution in [3.05, 3.63) is 12.7 Å². The number of sulfone groups is 1. The van der Waals surface area contributed by atoms with Crippen molar-refractivity contribution in [1.82, 2.24) is 4.90 Å². The number of carbonyl (C=O) groups is 1. The molecule has 104 valence electrons. The molecule has 2 heterocycles. The molecule has 1 aliphatic carbocycles. The molecule has 2 atom stereocenters. The summed E-state index contributed by atoms with van der Waals surface area (Å²) in [7, 11) is -2.95. The normalized spacial score (nSPS) is 34.5. The number of rotatable bonds is 3. The van der Waals surface area contributed by atoms with Crippen LogP contribution in [0.1, 0.15) is 12.8 Å². The van der Waals surface area contributed by atoms with Crippen LogP contribution in [0.25, 0.3) is 0 Å². The number of thioether (sulfide) groups is 1. The lowest BCUT2D eigenvalue weighted by Crippen LogP contribution is -2.37. The van der Waals surface area contributed by atoms with Gasteiger partial charge in [-0.1, -0.05) is 17.8 Å². The molecule has 3 aliphatic rings. The van der Waals surface area contributed by atoms with Crippen LogP contribution in [0.3, 0.4) is 0 Å². The summed E-state index contributed by atoms with van der Waals surface area (Å²) in [6.45, 7) is 4.24. The molecule has 0 aromatic heterocycles. The predicted molar refractivity (Wildman–Crippen MR) is 75.9 cm³/mol. The Morgan fingerprint density at radius 3 is 2.84 bits per heavy atom. The fourth-order valence-electron chi connectivity index (χ4n) is 2.50. The molecule has 5 nitrogen and oxygen atoms in total. The van der Waals surface area contributed by atoms with E-state index < -0.39 is 9.84 Å². The van der Waals surface area contributed by atoms with Crippen molar-refractivity contribution >= 4 is 32.7 Å². The largest absolute Gasteiger partial charge is 0.342 e. The van der Waals surface area contributed by atoms with Crippen LogP contribution in [0.2, 0.25) is 0 Å². The van der Waals surface area contributed by atoms with E-state index in [0.29, 0.717) is 11.7 Å². The van der Waals surface area contributed by atoms with Crippen molar-refractivity contribution in [2.24, 2.45) is 10.9 Å². The maximum Gasteiger partial charge on any atom is 0.251 e. The molecular weight excluding hydrogens is 284 g/mol. The first-order chi connectivity index (χ1) is 9.00. The fraction of sp³-hybridized carbons (Fsp3) is 0.667. The Kier molecular flexibility index (Phi) is 3.21. The summed E-state index contributed by atoms with van der Waals surface area (Å²) in [6.07, 6.45) is 3.59. The van der Waals surface area contributed by atoms with Gasteiger partial charge in [-0.25, -0.2) is 8.42 Å². The van der Waals surface area contributed by atoms with Crippen molar-refractivity contribution in [1.29, 1.82) is 0 Å². The van der Waals surface area contributed by atoms with Gasteiger partial charge in [0.25, 0.3) is 5.91 Å². The summed E-state index contributed by atoms with van der Waals surface area (Å²) < 4.78 is 23.3. The topological polar surface area (TPSA) is 66.8 Å². The van der Waals surface area contributed by atoms with Gasteiger partial charge in [0.1, 0.15) is 0 Å². The summed E-state index contributed by atoms with van der Waals surface area (Å²) in [6, 6.07) is -0.0567. The number of amides is 1. The standard InChI is InChI=1S/C12H16N2O3S2/c1-2-5-14-9-6-19(16,17)7-10(9)18-12(14)13-11(15)8-3-4-8/h2,8-10H,1,3-7H2/t9-,10-/m1/s1. The van der Waals surface area contributed by atoms with Gasteiger partial charge in [0.2, 0.25) is 0 Å². The average molecular weight is 300 g/mol. The van der Waals surface area contributed by atoms with Crippen LogP contribution in [0.5, 0.6) is 0 Å². The van der Waals surface area contributed by atoms with Crippen molar-refractivity contribution < 1.29 is 13.2 Å². The molecule has 19 heavy (non-hydrogen) atoms. The van der Waals surface area contributed by atoms with Crippen LogP contribution in [0.15, 0.2) is 17.6 Å². The van der Waals surface area contributed by atoms with Gasteiger partial charge >= 0.3 is 0 Å². The van der Waals surface area contributed by atoms with E-state index in [9.17, 15) is 13.2 Å². The molecular formula is C12H16N2O3S2. The van der Waals surface area contributed by atoms with Crippen molar-refractivity contribution in [2.45, 2.75) is 24.1 Å². The van der Waals surface area contributed by atoms with Crippen molar-refractivity contribution in [2.75, 3.05) is 18.1 Å². The van der Waals surface area contributed by atoms with Gasteiger partial charge in [-0.2, -0.15) is 4.99 Å². The highest BCUT2D eigenvalue weighted by Crippen LogP contribution is 2.39. The quantitative estimate of drug-likeness (QED) is 0.717. The first kappa shape index (κ1) is 13.2. The molecule has 2 saturated heterocycles. The van der Waals surface area contributed by atoms with Gasteiger partial charge in [0.15, 0.2) is 15.0 Å². The number of amidine groups is 1. The minimum atomic E-state index is -2.95. The van der Waals surface area contributed by atoms with Crippen molar-refractivity contribution in [3.8, 4) is 0 Å². The summed E-state index contributed by atoms with van der Waals surface area (Å²) in [5.74, 6) is 0.393. The van der Waals surface area contributed by atoms with E-state index in [1.165, 1.54) is 11.8 Å². The third kappa shape index (κ3) is 2.58. The molecule has 1 saturated carbocycles. The summed E-state index contributed by atoms with van der Waals surface area (Å²) in [5.41, 5.74) is 0. The zero-order chi connectivity index (χ0) is 13.6. The van der Waals surface area contributed by atoms with Gasteiger partial charge in [0.05, 0.1) is 17.5 Å². The van der Waals surface area contributed by atoms with Crippen LogP contribution in [-0.4, -0.2) is 53.7 Å². The fourth-order valence-corrected chi connectivity index (χ4v) is 6.47. The van der Waals surface area contributed by atoms with E-state index in [1.807, 2.05) is 4.90 Å². The van der Waals surface area contributed by atoms with Crippen LogP contribution in [-0.2, 0) is 14.6 Å². The smallest absolute Gasteiger partial charge is 0.251 e. The molecule has 3 rings (SSSR count). The Labute approximate surface area is 117 Å². The first-order valence-corrected chi connectivity index (χ1v) is 9.07. The summed E-state index contributed by atoms with van der Waals surface area (Å²) in [4.78, 5) is 17.9. The SMILES string of the molecule is C=CCN1C(=NC(=O)C2CC2)S[C@@H]2CS(=O)(=O)C[C@H]21. The molecule has 0 N–H and O–H groups in total. The van der Waals surface area contributed by atoms with Crippen LogP contribution in [0.4, 0.5) is 0 Å². The first-order valence-electron chi connectivity index (χ1n) is 6.37. The highest BCUT2D eigenvalue weighted by molar-refractivity contribution is 8.15. The average Bonchev–Trinajstić information content (AvgIpc) is 3.06. The molecule has 7 heteroatoms. The van der Waals surface area contributed by atoms with E-state index in [0.717, 1.165) is 12.8 Å². The second kappa shape index (κ2) is 4.63. The van der Waals surface area contributed by atoms with E-state index >= 15 is 0 Å². The molecule has 0 bridgehead atoms. The summed E-state index contributed by atoms with van der Waals surface area (Å²) in [5, 5.41) is 0.692. The number of fused-ring (bicyclic) bond motifs is 1. The number of hydrogen-bond donors (Lipinski definition) is 0. The van der Waals surface area contributed by atoms with Gasteiger partial charge in [-0.15, -0.1) is 6.58 Å². The lowest BCUT2D eigenvalue weighted by Gasteiger charge is -2.22. The zero-order valence-electron chi connectivity index (χ0n) is 10.5. The number of nitrogens with zero attached hydrogens (tertiary/aromatic N) is 2. The highest BCUT2D eigenvalue weighted by atomic mass is 32.2. The maximum absolute atomic E-state index is 11.8. The Balaban J connectivity index is 1.83. The lowest BCUT2D eigenvalue weighted by molar-refractivity contribution is -0.118. The number of hydrogen-bond acceptors (Lipinski definition) is 4. The molecule has 0 aromatic rings. The minimum absolute atomic E-state index is 0.00991. The highest BCUT2D eigenvalue weighted by Gasteiger charge is 2.48. The van der Waals surface area contributed by atoms with Gasteiger partial charge in [-0.3, -0.25) is 4.79 Å². The van der Waals surface area contributed by atoms with E-state index in [-0.39, 0.29) is 34.6 Å². The van der Waals surface area contributed by atoms with Crippen LogP contribution in [0, 0.1) is 5.92 Å². The van der Waals surface area contributed by atoms with E-state index in [2.05, 4.69) is 11.6 Å². The second-order valence-electron chi connectivity index (χ2n) is 5.25. The Morgan fingerprint density at radius 1 is 1.47 bits per heavy atom. The van der Waals surface area contributed by atoms with E-state index in [1.54, 1.807) is 6.08 Å². The number of carbonyl (C=O) groups excluding carboxylic acids is 1. The van der Waals surface area contributed by atoms with Crippen LogP contribution < -0.4 is 0 Å². The van der Waals surface area contributed by atoms with Crippen molar-refractivity contribution in [3.63, 3.8) is 0 Å². The molecule has 1 amide bonds. The predicted octanol–water partition coefficient (Wildman–Crippen LogP) is 0.679.